The number of amides is 1. The number of carbonyl (C=O) groups excluding carboxylic acids is 1. The van der Waals surface area contributed by atoms with Gasteiger partial charge in [-0.05, 0) is 33.5 Å². The molecular weight excluding hydrogens is 329 g/mol. The van der Waals surface area contributed by atoms with E-state index in [1.807, 2.05) is 21.0 Å². The molecule has 0 bridgehead atoms. The summed E-state index contributed by atoms with van der Waals surface area (Å²) in [7, 11) is 4.03. The Bertz CT molecular complexity index is 414. The van der Waals surface area contributed by atoms with Crippen molar-refractivity contribution in [2.75, 3.05) is 33.8 Å². The van der Waals surface area contributed by atoms with Gasteiger partial charge in [0.2, 0.25) is 0 Å². The van der Waals surface area contributed by atoms with Gasteiger partial charge in [-0.2, -0.15) is 0 Å². The number of ether oxygens (including phenoxy) is 1. The van der Waals surface area contributed by atoms with Crippen LogP contribution in [0.2, 0.25) is 0 Å². The second kappa shape index (κ2) is 12.7. The molecule has 0 saturated carbocycles. The minimum absolute atomic E-state index is 0. The molecule has 0 saturated heterocycles. The number of hydrogen-bond acceptors (Lipinski definition) is 5. The van der Waals surface area contributed by atoms with Crippen LogP contribution >= 0.6 is 24.8 Å². The van der Waals surface area contributed by atoms with E-state index in [1.54, 1.807) is 6.07 Å². The molecule has 0 aliphatic heterocycles. The Kier molecular flexibility index (Phi) is 13.6. The average Bonchev–Trinajstić information content (AvgIpc) is 2.90. The lowest BCUT2D eigenvalue weighted by Crippen LogP contribution is -2.35. The predicted octanol–water partition coefficient (Wildman–Crippen LogP) is 1.67. The van der Waals surface area contributed by atoms with Crippen LogP contribution in [0, 0.1) is 0 Å². The Morgan fingerprint density at radius 1 is 1.45 bits per heavy atom. The second-order valence-corrected chi connectivity index (χ2v) is 4.89. The molecule has 0 spiro atoms. The monoisotopic (exact) mass is 355 g/mol. The molecule has 0 radical (unpaired) electrons. The minimum Gasteiger partial charge on any atom is -0.467 e. The smallest absolute Gasteiger partial charge is 0.254 e. The zero-order valence-electron chi connectivity index (χ0n) is 13.3. The number of furan rings is 1. The number of carbonyl (C=O) groups is 1. The first-order valence-corrected chi connectivity index (χ1v) is 6.88. The normalized spacial score (nSPS) is 11.5. The first kappa shape index (κ1) is 23.5. The third kappa shape index (κ3) is 8.60. The molecule has 1 atom stereocenters. The Morgan fingerprint density at radius 3 is 2.64 bits per heavy atom. The van der Waals surface area contributed by atoms with Crippen molar-refractivity contribution in [3.05, 3.63) is 23.7 Å². The summed E-state index contributed by atoms with van der Waals surface area (Å²) in [6.07, 6.45) is 2.32. The van der Waals surface area contributed by atoms with Gasteiger partial charge < -0.3 is 25.1 Å². The Balaban J connectivity index is 0. The predicted molar refractivity (Wildman–Crippen MR) is 92.0 cm³/mol. The molecule has 6 nitrogen and oxygen atoms in total. The number of nitrogens with one attached hydrogen (secondary N) is 1. The van der Waals surface area contributed by atoms with Gasteiger partial charge in [-0.3, -0.25) is 4.79 Å². The third-order valence-electron chi connectivity index (χ3n) is 2.91. The van der Waals surface area contributed by atoms with E-state index in [-0.39, 0.29) is 43.4 Å². The lowest BCUT2D eigenvalue weighted by molar-refractivity contribution is 0.0496. The van der Waals surface area contributed by atoms with E-state index >= 15 is 0 Å². The van der Waals surface area contributed by atoms with Crippen molar-refractivity contribution in [2.45, 2.75) is 26.0 Å². The topological polar surface area (TPSA) is 80.7 Å². The van der Waals surface area contributed by atoms with Crippen LogP contribution in [-0.4, -0.2) is 50.7 Å². The van der Waals surface area contributed by atoms with Gasteiger partial charge in [-0.25, -0.2) is 0 Å². The Hall–Kier alpha value is -0.790. The molecule has 0 fully saturated rings. The third-order valence-corrected chi connectivity index (χ3v) is 2.91. The molecule has 0 aromatic carbocycles. The summed E-state index contributed by atoms with van der Waals surface area (Å²) in [5, 5.41) is 2.86. The van der Waals surface area contributed by atoms with E-state index in [4.69, 9.17) is 14.9 Å². The molecule has 1 unspecified atom stereocenters. The summed E-state index contributed by atoms with van der Waals surface area (Å²) in [4.78, 5) is 14.0. The van der Waals surface area contributed by atoms with E-state index < -0.39 is 0 Å². The van der Waals surface area contributed by atoms with Crippen molar-refractivity contribution < 1.29 is 13.9 Å². The van der Waals surface area contributed by atoms with Crippen LogP contribution in [0.1, 0.15) is 29.5 Å². The van der Waals surface area contributed by atoms with Crippen molar-refractivity contribution in [3.63, 3.8) is 0 Å². The number of nitrogens with two attached hydrogens (primary N) is 1. The molecule has 3 N–H and O–H groups in total. The van der Waals surface area contributed by atoms with Crippen molar-refractivity contribution in [2.24, 2.45) is 5.73 Å². The van der Waals surface area contributed by atoms with Crippen LogP contribution in [0.15, 0.2) is 16.7 Å². The molecule has 1 heterocycles. The summed E-state index contributed by atoms with van der Waals surface area (Å²) < 4.78 is 10.8. The SMILES string of the molecule is CCOC(CCN(C)C)CNC(=O)c1coc(CN)c1.Cl.Cl. The lowest BCUT2D eigenvalue weighted by Gasteiger charge is -2.19. The van der Waals surface area contributed by atoms with Gasteiger partial charge >= 0.3 is 0 Å². The summed E-state index contributed by atoms with van der Waals surface area (Å²) in [6, 6.07) is 1.66. The fourth-order valence-corrected chi connectivity index (χ4v) is 1.80. The van der Waals surface area contributed by atoms with Gasteiger partial charge in [0.15, 0.2) is 0 Å². The van der Waals surface area contributed by atoms with Crippen LogP contribution in [0.5, 0.6) is 0 Å². The Labute approximate surface area is 144 Å². The zero-order valence-corrected chi connectivity index (χ0v) is 15.0. The molecule has 0 aliphatic carbocycles. The highest BCUT2D eigenvalue weighted by Gasteiger charge is 2.13. The molecule has 1 rings (SSSR count). The van der Waals surface area contributed by atoms with Crippen LogP contribution in [0.25, 0.3) is 0 Å². The molecule has 22 heavy (non-hydrogen) atoms. The highest BCUT2D eigenvalue weighted by atomic mass is 35.5. The second-order valence-electron chi connectivity index (χ2n) is 4.89. The molecule has 1 aromatic heterocycles. The molecule has 1 amide bonds. The van der Waals surface area contributed by atoms with Gasteiger partial charge in [0, 0.05) is 19.7 Å². The fourth-order valence-electron chi connectivity index (χ4n) is 1.80. The highest BCUT2D eigenvalue weighted by Crippen LogP contribution is 2.07. The standard InChI is InChI=1S/C14H25N3O3.2ClH/c1-4-19-12(5-6-17(2)3)9-16-14(18)11-7-13(8-15)20-10-11;;/h7,10,12H,4-6,8-9,15H2,1-3H3,(H,16,18);2*1H. The van der Waals surface area contributed by atoms with E-state index in [2.05, 4.69) is 10.2 Å². The van der Waals surface area contributed by atoms with Crippen LogP contribution < -0.4 is 11.1 Å². The van der Waals surface area contributed by atoms with Crippen molar-refractivity contribution in [1.29, 1.82) is 0 Å². The maximum absolute atomic E-state index is 11.9. The number of hydrogen-bond donors (Lipinski definition) is 2. The molecule has 130 valence electrons. The largest absolute Gasteiger partial charge is 0.467 e. The summed E-state index contributed by atoms with van der Waals surface area (Å²) in [6.45, 7) is 4.29. The van der Waals surface area contributed by atoms with E-state index in [0.717, 1.165) is 13.0 Å². The highest BCUT2D eigenvalue weighted by molar-refractivity contribution is 5.93. The van der Waals surface area contributed by atoms with Gasteiger partial charge in [0.05, 0.1) is 18.2 Å². The van der Waals surface area contributed by atoms with Crippen molar-refractivity contribution >= 4 is 30.7 Å². The molecule has 0 aliphatic rings. The van der Waals surface area contributed by atoms with E-state index in [1.165, 1.54) is 6.26 Å². The van der Waals surface area contributed by atoms with E-state index in [0.29, 0.717) is 24.5 Å². The summed E-state index contributed by atoms with van der Waals surface area (Å²) >= 11 is 0. The summed E-state index contributed by atoms with van der Waals surface area (Å²) in [5.41, 5.74) is 5.94. The first-order chi connectivity index (χ1) is 9.56. The first-order valence-electron chi connectivity index (χ1n) is 6.88. The lowest BCUT2D eigenvalue weighted by atomic mass is 10.2. The summed E-state index contributed by atoms with van der Waals surface area (Å²) in [5.74, 6) is 0.437. The van der Waals surface area contributed by atoms with Crippen molar-refractivity contribution in [3.8, 4) is 0 Å². The van der Waals surface area contributed by atoms with Crippen LogP contribution in [0.4, 0.5) is 0 Å². The minimum atomic E-state index is -0.164. The van der Waals surface area contributed by atoms with Crippen molar-refractivity contribution in [1.82, 2.24) is 10.2 Å². The molecular formula is C14H27Cl2N3O3. The van der Waals surface area contributed by atoms with Gasteiger partial charge in [-0.1, -0.05) is 0 Å². The van der Waals surface area contributed by atoms with Crippen LogP contribution in [0.3, 0.4) is 0 Å². The van der Waals surface area contributed by atoms with Crippen LogP contribution in [-0.2, 0) is 11.3 Å². The quantitative estimate of drug-likeness (QED) is 0.704. The van der Waals surface area contributed by atoms with Gasteiger partial charge in [0.1, 0.15) is 12.0 Å². The molecule has 8 heteroatoms. The average molecular weight is 356 g/mol. The fraction of sp³-hybridized carbons (Fsp3) is 0.643. The van der Waals surface area contributed by atoms with Gasteiger partial charge in [-0.15, -0.1) is 24.8 Å². The number of nitrogens with zero attached hydrogens (tertiary/aromatic N) is 1. The van der Waals surface area contributed by atoms with E-state index in [9.17, 15) is 4.79 Å². The zero-order chi connectivity index (χ0) is 15.0. The maximum atomic E-state index is 11.9. The molecule has 1 aromatic rings. The number of rotatable bonds is 9. The maximum Gasteiger partial charge on any atom is 0.254 e. The van der Waals surface area contributed by atoms with Gasteiger partial charge in [0.25, 0.3) is 5.91 Å². The number of halogens is 2. The Morgan fingerprint density at radius 2 is 2.14 bits per heavy atom.